The number of aromatic nitrogens is 4. The van der Waals surface area contributed by atoms with Crippen LogP contribution in [0.4, 0.5) is 5.95 Å². The molecule has 0 amide bonds. The number of fused-ring (bicyclic) bond motifs is 2. The molecular formula is C27H26N6O2. The zero-order chi connectivity index (χ0) is 23.6. The molecule has 1 saturated heterocycles. The molecular weight excluding hydrogens is 440 g/mol. The predicted molar refractivity (Wildman–Crippen MR) is 136 cm³/mol. The fraction of sp³-hybridized carbons (Fsp3) is 0.259. The van der Waals surface area contributed by atoms with Gasteiger partial charge in [0.2, 0.25) is 5.95 Å². The van der Waals surface area contributed by atoms with Crippen LogP contribution in [-0.4, -0.2) is 50.1 Å². The zero-order valence-electron chi connectivity index (χ0n) is 19.3. The zero-order valence-corrected chi connectivity index (χ0v) is 19.3. The van der Waals surface area contributed by atoms with Crippen molar-refractivity contribution >= 4 is 28.0 Å². The summed E-state index contributed by atoms with van der Waals surface area (Å²) in [6, 6.07) is 18.0. The van der Waals surface area contributed by atoms with Crippen molar-refractivity contribution in [1.29, 1.82) is 0 Å². The lowest BCUT2D eigenvalue weighted by Gasteiger charge is -2.18. The van der Waals surface area contributed by atoms with E-state index in [-0.39, 0.29) is 11.7 Å². The van der Waals surface area contributed by atoms with Gasteiger partial charge < -0.3 is 19.2 Å². The average Bonchev–Trinajstić information content (AvgIpc) is 3.48. The summed E-state index contributed by atoms with van der Waals surface area (Å²) in [5, 5.41) is 4.63. The van der Waals surface area contributed by atoms with Gasteiger partial charge >= 0.3 is 5.63 Å². The lowest BCUT2D eigenvalue weighted by molar-refractivity contribution is 0.339. The molecule has 1 unspecified atom stereocenters. The van der Waals surface area contributed by atoms with Crippen LogP contribution in [0.3, 0.4) is 0 Å². The van der Waals surface area contributed by atoms with E-state index in [4.69, 9.17) is 9.40 Å². The Bertz CT molecular complexity index is 1530. The van der Waals surface area contributed by atoms with Gasteiger partial charge in [-0.1, -0.05) is 30.3 Å². The second kappa shape index (κ2) is 9.31. The Morgan fingerprint density at radius 1 is 1.09 bits per heavy atom. The molecule has 8 nitrogen and oxygen atoms in total. The number of hydrogen-bond acceptors (Lipinski definition) is 7. The number of para-hydroxylation sites is 3. The highest BCUT2D eigenvalue weighted by Crippen LogP contribution is 2.23. The number of anilines is 1. The van der Waals surface area contributed by atoms with E-state index in [0.717, 1.165) is 59.7 Å². The first-order valence-electron chi connectivity index (χ1n) is 11.9. The molecule has 35 heavy (non-hydrogen) atoms. The molecule has 1 aliphatic heterocycles. The molecule has 1 fully saturated rings. The minimum absolute atomic E-state index is 0.240. The molecule has 4 heterocycles. The minimum Gasteiger partial charge on any atom is -0.423 e. The van der Waals surface area contributed by atoms with Gasteiger partial charge in [-0.2, -0.15) is 0 Å². The summed E-state index contributed by atoms with van der Waals surface area (Å²) in [5.41, 5.74) is 4.04. The standard InChI is InChI=1S/C27H26N6O2/c34-26-20(15-19-5-1-4-8-25(19)35-26)9-13-32-14-10-21(17-32)30-27-31-23-6-2-3-7-24(23)33(27)18-22-16-28-11-12-29-22/h1-8,11-12,15-16,21H,9-10,13-14,17-18H2,(H,30,31). The van der Waals surface area contributed by atoms with Crippen LogP contribution in [0.2, 0.25) is 0 Å². The number of likely N-dealkylation sites (tertiary alicyclic amines) is 1. The third-order valence-electron chi connectivity index (χ3n) is 6.61. The Kier molecular flexibility index (Phi) is 5.71. The number of rotatable bonds is 7. The van der Waals surface area contributed by atoms with Crippen LogP contribution in [0.25, 0.3) is 22.0 Å². The highest BCUT2D eigenvalue weighted by Gasteiger charge is 2.24. The van der Waals surface area contributed by atoms with Crippen molar-refractivity contribution in [2.75, 3.05) is 25.0 Å². The van der Waals surface area contributed by atoms with Crippen LogP contribution in [0.15, 0.2) is 82.4 Å². The van der Waals surface area contributed by atoms with E-state index >= 15 is 0 Å². The predicted octanol–water partition coefficient (Wildman–Crippen LogP) is 3.71. The third-order valence-corrected chi connectivity index (χ3v) is 6.61. The van der Waals surface area contributed by atoms with Crippen molar-refractivity contribution in [3.8, 4) is 0 Å². The highest BCUT2D eigenvalue weighted by atomic mass is 16.4. The summed E-state index contributed by atoms with van der Waals surface area (Å²) in [6.45, 7) is 3.29. The molecule has 0 saturated carbocycles. The van der Waals surface area contributed by atoms with Crippen LogP contribution in [0.1, 0.15) is 17.7 Å². The Morgan fingerprint density at radius 2 is 1.97 bits per heavy atom. The largest absolute Gasteiger partial charge is 0.423 e. The minimum atomic E-state index is -0.240. The summed E-state index contributed by atoms with van der Waals surface area (Å²) in [5.74, 6) is 0.846. The summed E-state index contributed by atoms with van der Waals surface area (Å²) >= 11 is 0. The van der Waals surface area contributed by atoms with Gasteiger partial charge in [0.15, 0.2) is 0 Å². The van der Waals surface area contributed by atoms with Gasteiger partial charge in [0.1, 0.15) is 5.58 Å². The van der Waals surface area contributed by atoms with E-state index in [1.807, 2.05) is 48.5 Å². The van der Waals surface area contributed by atoms with E-state index in [1.54, 1.807) is 18.6 Å². The molecule has 8 heteroatoms. The maximum absolute atomic E-state index is 12.4. The second-order valence-electron chi connectivity index (χ2n) is 8.98. The number of nitrogens with one attached hydrogen (secondary N) is 1. The fourth-order valence-electron chi connectivity index (χ4n) is 4.81. The van der Waals surface area contributed by atoms with Gasteiger partial charge in [-0.05, 0) is 37.1 Å². The number of hydrogen-bond donors (Lipinski definition) is 1. The Morgan fingerprint density at radius 3 is 2.89 bits per heavy atom. The van der Waals surface area contributed by atoms with E-state index in [1.165, 1.54) is 0 Å². The van der Waals surface area contributed by atoms with Gasteiger partial charge in [0.25, 0.3) is 0 Å². The molecule has 0 radical (unpaired) electrons. The summed E-state index contributed by atoms with van der Waals surface area (Å²) in [7, 11) is 0. The van der Waals surface area contributed by atoms with Crippen LogP contribution in [-0.2, 0) is 13.0 Å². The maximum atomic E-state index is 12.4. The molecule has 0 spiro atoms. The van der Waals surface area contributed by atoms with Gasteiger partial charge in [-0.25, -0.2) is 9.78 Å². The van der Waals surface area contributed by atoms with Crippen molar-refractivity contribution in [2.24, 2.45) is 0 Å². The molecule has 0 aliphatic carbocycles. The number of nitrogens with zero attached hydrogens (tertiary/aromatic N) is 5. The lowest BCUT2D eigenvalue weighted by atomic mass is 10.1. The first-order valence-corrected chi connectivity index (χ1v) is 11.9. The Balaban J connectivity index is 1.15. The first-order chi connectivity index (χ1) is 17.2. The molecule has 6 rings (SSSR count). The van der Waals surface area contributed by atoms with Gasteiger partial charge in [0.05, 0.1) is 29.5 Å². The second-order valence-corrected chi connectivity index (χ2v) is 8.98. The smallest absolute Gasteiger partial charge is 0.339 e. The molecule has 3 aromatic heterocycles. The fourth-order valence-corrected chi connectivity index (χ4v) is 4.81. The van der Waals surface area contributed by atoms with Crippen molar-refractivity contribution in [3.63, 3.8) is 0 Å². The molecule has 1 aliphatic rings. The first kappa shape index (κ1) is 21.5. The van der Waals surface area contributed by atoms with Crippen molar-refractivity contribution in [1.82, 2.24) is 24.4 Å². The monoisotopic (exact) mass is 466 g/mol. The van der Waals surface area contributed by atoms with Gasteiger partial charge in [-0.3, -0.25) is 9.97 Å². The van der Waals surface area contributed by atoms with Gasteiger partial charge in [-0.15, -0.1) is 0 Å². The average molecular weight is 467 g/mol. The quantitative estimate of drug-likeness (QED) is 0.366. The SMILES string of the molecule is O=c1oc2ccccc2cc1CCN1CCC(Nc2nc3ccccc3n2Cc2cnccn2)C1. The Labute approximate surface area is 202 Å². The molecule has 0 bridgehead atoms. The summed E-state index contributed by atoms with van der Waals surface area (Å²) in [6.07, 6.45) is 6.88. The van der Waals surface area contributed by atoms with E-state index in [0.29, 0.717) is 18.5 Å². The Hall–Kier alpha value is -4.04. The van der Waals surface area contributed by atoms with Crippen molar-refractivity contribution in [2.45, 2.75) is 25.4 Å². The summed E-state index contributed by atoms with van der Waals surface area (Å²) in [4.78, 5) is 28.3. The van der Waals surface area contributed by atoms with Gasteiger partial charge in [0, 0.05) is 49.0 Å². The van der Waals surface area contributed by atoms with Crippen molar-refractivity contribution in [3.05, 3.63) is 94.9 Å². The molecule has 2 aromatic carbocycles. The van der Waals surface area contributed by atoms with E-state index < -0.39 is 0 Å². The maximum Gasteiger partial charge on any atom is 0.339 e. The lowest BCUT2D eigenvalue weighted by Crippen LogP contribution is -2.29. The summed E-state index contributed by atoms with van der Waals surface area (Å²) < 4.78 is 7.66. The van der Waals surface area contributed by atoms with Crippen LogP contribution in [0, 0.1) is 0 Å². The van der Waals surface area contributed by atoms with E-state index in [9.17, 15) is 4.79 Å². The number of imidazole rings is 1. The molecule has 1 atom stereocenters. The van der Waals surface area contributed by atoms with Crippen LogP contribution >= 0.6 is 0 Å². The third kappa shape index (κ3) is 4.52. The molecule has 1 N–H and O–H groups in total. The highest BCUT2D eigenvalue weighted by molar-refractivity contribution is 5.79. The molecule has 5 aromatic rings. The van der Waals surface area contributed by atoms with E-state index in [2.05, 4.69) is 30.8 Å². The topological polar surface area (TPSA) is 89.1 Å². The normalized spacial score (nSPS) is 16.3. The molecule has 176 valence electrons. The number of benzene rings is 2. The van der Waals surface area contributed by atoms with Crippen LogP contribution < -0.4 is 10.9 Å². The van der Waals surface area contributed by atoms with Crippen LogP contribution in [0.5, 0.6) is 0 Å². The van der Waals surface area contributed by atoms with Crippen molar-refractivity contribution < 1.29 is 4.42 Å².